The van der Waals surface area contributed by atoms with Crippen molar-refractivity contribution < 1.29 is 14.0 Å². The smallest absolute Gasteiger partial charge is 0.240 e. The molecule has 2 heterocycles. The Balaban J connectivity index is 2.06. The lowest BCUT2D eigenvalue weighted by molar-refractivity contribution is 0.173. The summed E-state index contributed by atoms with van der Waals surface area (Å²) in [5.41, 5.74) is 6.19. The molecule has 0 bridgehead atoms. The van der Waals surface area contributed by atoms with Gasteiger partial charge >= 0.3 is 0 Å². The lowest BCUT2D eigenvalue weighted by atomic mass is 10.2. The Morgan fingerprint density at radius 1 is 1.35 bits per heavy atom. The molecule has 1 aromatic carbocycles. The summed E-state index contributed by atoms with van der Waals surface area (Å²) in [7, 11) is 0. The lowest BCUT2D eigenvalue weighted by Crippen LogP contribution is -1.95. The summed E-state index contributed by atoms with van der Waals surface area (Å²) in [5, 5.41) is 3.84. The van der Waals surface area contributed by atoms with Crippen LogP contribution in [0.5, 0.6) is 11.5 Å². The van der Waals surface area contributed by atoms with Crippen LogP contribution in [-0.4, -0.2) is 16.9 Å². The van der Waals surface area contributed by atoms with Gasteiger partial charge in [-0.05, 0) is 28.1 Å². The molecule has 0 saturated carbocycles. The molecule has 1 aliphatic rings. The zero-order valence-electron chi connectivity index (χ0n) is 8.64. The van der Waals surface area contributed by atoms with Gasteiger partial charge in [0.05, 0.1) is 11.0 Å². The van der Waals surface area contributed by atoms with E-state index in [4.69, 9.17) is 19.7 Å². The number of aromatic nitrogens is 2. The fraction of sp³-hybridized carbons (Fsp3) is 0.200. The van der Waals surface area contributed by atoms with Gasteiger partial charge < -0.3 is 19.7 Å². The van der Waals surface area contributed by atoms with Crippen molar-refractivity contribution in [3.8, 4) is 22.9 Å². The summed E-state index contributed by atoms with van der Waals surface area (Å²) in [6, 6.07) is 3.65. The third kappa shape index (κ3) is 1.77. The van der Waals surface area contributed by atoms with E-state index in [-0.39, 0.29) is 13.3 Å². The van der Waals surface area contributed by atoms with E-state index >= 15 is 0 Å². The van der Waals surface area contributed by atoms with Crippen LogP contribution in [0.1, 0.15) is 5.89 Å². The fourth-order valence-electron chi connectivity index (χ4n) is 1.55. The molecule has 0 fully saturated rings. The third-order valence-corrected chi connectivity index (χ3v) is 2.92. The zero-order chi connectivity index (χ0) is 11.8. The molecule has 2 aromatic rings. The van der Waals surface area contributed by atoms with E-state index in [9.17, 15) is 0 Å². The van der Waals surface area contributed by atoms with Gasteiger partial charge in [0.1, 0.15) is 0 Å². The largest absolute Gasteiger partial charge is 0.454 e. The van der Waals surface area contributed by atoms with Crippen molar-refractivity contribution in [1.29, 1.82) is 0 Å². The first-order valence-electron chi connectivity index (χ1n) is 4.90. The minimum Gasteiger partial charge on any atom is -0.454 e. The van der Waals surface area contributed by atoms with Crippen LogP contribution in [0.25, 0.3) is 11.4 Å². The van der Waals surface area contributed by atoms with E-state index in [0.29, 0.717) is 23.2 Å². The number of nitrogens with zero attached hydrogens (tertiary/aromatic N) is 2. The van der Waals surface area contributed by atoms with Crippen LogP contribution in [-0.2, 0) is 6.54 Å². The number of fused-ring (bicyclic) bond motifs is 1. The number of ether oxygens (including phenoxy) is 2. The summed E-state index contributed by atoms with van der Waals surface area (Å²) >= 11 is 3.40. The van der Waals surface area contributed by atoms with Gasteiger partial charge in [-0.1, -0.05) is 5.16 Å². The zero-order valence-corrected chi connectivity index (χ0v) is 10.2. The van der Waals surface area contributed by atoms with Gasteiger partial charge in [-0.2, -0.15) is 4.98 Å². The maximum atomic E-state index is 5.41. The highest BCUT2D eigenvalue weighted by Gasteiger charge is 2.20. The summed E-state index contributed by atoms with van der Waals surface area (Å²) in [5.74, 6) is 2.23. The molecule has 7 heteroatoms. The minimum atomic E-state index is 0.220. The van der Waals surface area contributed by atoms with E-state index in [0.717, 1.165) is 10.0 Å². The molecule has 1 aromatic heterocycles. The Bertz CT molecular complexity index is 570. The molecule has 1 aliphatic heterocycles. The fourth-order valence-corrected chi connectivity index (χ4v) is 2.11. The first kappa shape index (κ1) is 10.5. The van der Waals surface area contributed by atoms with Gasteiger partial charge in [0, 0.05) is 5.56 Å². The van der Waals surface area contributed by atoms with E-state index in [1.807, 2.05) is 6.07 Å². The van der Waals surface area contributed by atoms with Crippen LogP contribution >= 0.6 is 15.9 Å². The summed E-state index contributed by atoms with van der Waals surface area (Å²) in [6.45, 7) is 0.441. The molecular formula is C10H8BrN3O3. The van der Waals surface area contributed by atoms with Crippen molar-refractivity contribution in [2.75, 3.05) is 6.79 Å². The highest BCUT2D eigenvalue weighted by Crippen LogP contribution is 2.41. The van der Waals surface area contributed by atoms with Crippen molar-refractivity contribution in [3.05, 3.63) is 22.5 Å². The average Bonchev–Trinajstić information content (AvgIpc) is 2.97. The third-order valence-electron chi connectivity index (χ3n) is 2.33. The maximum absolute atomic E-state index is 5.41. The molecule has 17 heavy (non-hydrogen) atoms. The van der Waals surface area contributed by atoms with Crippen molar-refractivity contribution in [1.82, 2.24) is 10.1 Å². The van der Waals surface area contributed by atoms with E-state index in [1.54, 1.807) is 6.07 Å². The lowest BCUT2D eigenvalue weighted by Gasteiger charge is -2.01. The summed E-state index contributed by atoms with van der Waals surface area (Å²) in [6.07, 6.45) is 0. The maximum Gasteiger partial charge on any atom is 0.240 e. The monoisotopic (exact) mass is 297 g/mol. The first-order chi connectivity index (χ1) is 8.28. The molecule has 0 atom stereocenters. The highest BCUT2D eigenvalue weighted by molar-refractivity contribution is 9.10. The normalized spacial score (nSPS) is 13.1. The molecule has 0 unspecified atom stereocenters. The molecule has 0 amide bonds. The molecule has 0 spiro atoms. The van der Waals surface area contributed by atoms with Crippen molar-refractivity contribution in [3.63, 3.8) is 0 Å². The number of nitrogens with two attached hydrogens (primary N) is 1. The van der Waals surface area contributed by atoms with Crippen molar-refractivity contribution >= 4 is 15.9 Å². The van der Waals surface area contributed by atoms with E-state index in [2.05, 4.69) is 26.1 Å². The van der Waals surface area contributed by atoms with E-state index < -0.39 is 0 Å². The Morgan fingerprint density at radius 2 is 2.24 bits per heavy atom. The topological polar surface area (TPSA) is 83.4 Å². The molecule has 88 valence electrons. The minimum absolute atomic E-state index is 0.220. The van der Waals surface area contributed by atoms with Gasteiger partial charge in [0.15, 0.2) is 11.5 Å². The Morgan fingerprint density at radius 3 is 3.00 bits per heavy atom. The van der Waals surface area contributed by atoms with Crippen LogP contribution in [0.3, 0.4) is 0 Å². The van der Waals surface area contributed by atoms with Crippen LogP contribution in [0.15, 0.2) is 21.1 Å². The first-order valence-corrected chi connectivity index (χ1v) is 5.69. The number of hydrogen-bond donors (Lipinski definition) is 1. The quantitative estimate of drug-likeness (QED) is 0.908. The van der Waals surface area contributed by atoms with Crippen molar-refractivity contribution in [2.24, 2.45) is 5.73 Å². The van der Waals surface area contributed by atoms with E-state index in [1.165, 1.54) is 0 Å². The second kappa shape index (κ2) is 4.01. The van der Waals surface area contributed by atoms with Gasteiger partial charge in [0.25, 0.3) is 0 Å². The predicted molar refractivity (Wildman–Crippen MR) is 61.4 cm³/mol. The molecule has 0 radical (unpaired) electrons. The highest BCUT2D eigenvalue weighted by atomic mass is 79.9. The molecule has 6 nitrogen and oxygen atoms in total. The Labute approximate surface area is 105 Å². The average molecular weight is 298 g/mol. The van der Waals surface area contributed by atoms with Gasteiger partial charge in [0.2, 0.25) is 18.5 Å². The molecular weight excluding hydrogens is 290 g/mol. The Hall–Kier alpha value is -1.60. The number of rotatable bonds is 2. The van der Waals surface area contributed by atoms with Crippen molar-refractivity contribution in [2.45, 2.75) is 6.54 Å². The standard InChI is InChI=1S/C10H8BrN3O3/c11-6-1-5(2-7-9(6)16-4-15-7)10-13-8(3-12)17-14-10/h1-2H,3-4,12H2. The molecule has 3 rings (SSSR count). The molecule has 2 N–H and O–H groups in total. The number of hydrogen-bond acceptors (Lipinski definition) is 6. The van der Waals surface area contributed by atoms with Crippen LogP contribution < -0.4 is 15.2 Å². The summed E-state index contributed by atoms with van der Waals surface area (Å²) in [4.78, 5) is 4.15. The molecule has 0 saturated heterocycles. The van der Waals surface area contributed by atoms with Gasteiger partial charge in [-0.25, -0.2) is 0 Å². The second-order valence-electron chi connectivity index (χ2n) is 3.41. The van der Waals surface area contributed by atoms with Crippen LogP contribution in [0, 0.1) is 0 Å². The Kier molecular flexibility index (Phi) is 2.49. The number of benzene rings is 1. The van der Waals surface area contributed by atoms with Gasteiger partial charge in [-0.15, -0.1) is 0 Å². The number of halogens is 1. The molecule has 0 aliphatic carbocycles. The SMILES string of the molecule is NCc1nc(-c2cc(Br)c3c(c2)OCO3)no1. The summed E-state index contributed by atoms with van der Waals surface area (Å²) < 4.78 is 16.4. The van der Waals surface area contributed by atoms with Gasteiger partial charge in [-0.3, -0.25) is 0 Å². The van der Waals surface area contributed by atoms with Crippen LogP contribution in [0.2, 0.25) is 0 Å². The van der Waals surface area contributed by atoms with Crippen LogP contribution in [0.4, 0.5) is 0 Å². The predicted octanol–water partition coefficient (Wildman–Crippen LogP) is 1.69. The second-order valence-corrected chi connectivity index (χ2v) is 4.26.